The molecule has 9 rings (SSSR count). The van der Waals surface area contributed by atoms with Crippen molar-refractivity contribution in [3.8, 4) is 33.4 Å². The van der Waals surface area contributed by atoms with Crippen molar-refractivity contribution < 1.29 is 0 Å². The minimum absolute atomic E-state index is 0.0274. The van der Waals surface area contributed by atoms with Crippen LogP contribution in [0.3, 0.4) is 0 Å². The van der Waals surface area contributed by atoms with Crippen LogP contribution in [0.25, 0.3) is 33.4 Å². The van der Waals surface area contributed by atoms with Gasteiger partial charge in [0.15, 0.2) is 0 Å². The van der Waals surface area contributed by atoms with Gasteiger partial charge in [-0.05, 0) is 124 Å². The Bertz CT molecular complexity index is 2920. The van der Waals surface area contributed by atoms with Crippen LogP contribution in [0.2, 0.25) is 0 Å². The highest BCUT2D eigenvalue weighted by Crippen LogP contribution is 2.58. The molecule has 0 aromatic heterocycles. The third-order valence-electron chi connectivity index (χ3n) is 14.0. The molecular weight excluding hydrogens is 795 g/mol. The molecule has 332 valence electrons. The zero-order valence-corrected chi connectivity index (χ0v) is 41.3. The molecule has 1 nitrogen and oxygen atoms in total. The van der Waals surface area contributed by atoms with Crippen LogP contribution in [0.15, 0.2) is 188 Å². The van der Waals surface area contributed by atoms with E-state index in [1.807, 2.05) is 0 Å². The van der Waals surface area contributed by atoms with E-state index in [2.05, 4.69) is 276 Å². The van der Waals surface area contributed by atoms with Crippen molar-refractivity contribution in [2.45, 2.75) is 110 Å². The quantitative estimate of drug-likeness (QED) is 0.154. The fourth-order valence-corrected chi connectivity index (χ4v) is 10.1. The Morgan fingerprint density at radius 3 is 1.29 bits per heavy atom. The van der Waals surface area contributed by atoms with Gasteiger partial charge in [0.25, 0.3) is 0 Å². The summed E-state index contributed by atoms with van der Waals surface area (Å²) in [6.45, 7) is 27.7. The molecule has 0 saturated carbocycles. The second kappa shape index (κ2) is 16.5. The van der Waals surface area contributed by atoms with Crippen molar-refractivity contribution in [1.82, 2.24) is 0 Å². The number of nitrogens with zero attached hydrogens (tertiary/aromatic N) is 1. The molecule has 8 aromatic carbocycles. The van der Waals surface area contributed by atoms with Crippen LogP contribution in [0.1, 0.15) is 128 Å². The number of hydrogen-bond donors (Lipinski definition) is 0. The standard InChI is InChI=1S/C65H67N/c1-61(2,3)47-28-32-49(33-29-47)65(50-34-30-48(31-35-50)62(4,5)6)58-24-18-16-23-56(58)57-39-38-54(43-59(57)65)66(60-25-19-17-22-55(60)45-20-14-13-15-21-45)53-36-26-44(27-37-53)46-40-51(63(7,8)9)42-52(41-46)64(10,11)12/h13-43H,1-12H3. The molecule has 1 aliphatic carbocycles. The zero-order valence-electron chi connectivity index (χ0n) is 41.3. The highest BCUT2D eigenvalue weighted by Gasteiger charge is 2.46. The van der Waals surface area contributed by atoms with Gasteiger partial charge in [-0.25, -0.2) is 0 Å². The lowest BCUT2D eigenvalue weighted by Gasteiger charge is -2.36. The molecule has 0 aliphatic heterocycles. The van der Waals surface area contributed by atoms with Gasteiger partial charge in [0.1, 0.15) is 0 Å². The molecule has 0 amide bonds. The van der Waals surface area contributed by atoms with Gasteiger partial charge in [0.05, 0.1) is 11.1 Å². The van der Waals surface area contributed by atoms with E-state index < -0.39 is 5.41 Å². The Hall–Kier alpha value is -6.44. The second-order valence-electron chi connectivity index (χ2n) is 22.7. The highest BCUT2D eigenvalue weighted by atomic mass is 15.1. The first-order valence-corrected chi connectivity index (χ1v) is 23.9. The van der Waals surface area contributed by atoms with Crippen molar-refractivity contribution in [2.75, 3.05) is 4.90 Å². The average molecular weight is 862 g/mol. The lowest BCUT2D eigenvalue weighted by atomic mass is 9.67. The number of rotatable bonds is 7. The van der Waals surface area contributed by atoms with Gasteiger partial charge in [0, 0.05) is 16.9 Å². The van der Waals surface area contributed by atoms with E-state index in [0.29, 0.717) is 0 Å². The Labute approximate surface area is 396 Å². The average Bonchev–Trinajstić information content (AvgIpc) is 3.59. The maximum absolute atomic E-state index is 2.50. The molecule has 0 N–H and O–H groups in total. The highest BCUT2D eigenvalue weighted by molar-refractivity contribution is 5.92. The van der Waals surface area contributed by atoms with Crippen molar-refractivity contribution >= 4 is 17.1 Å². The van der Waals surface area contributed by atoms with Crippen LogP contribution in [-0.4, -0.2) is 0 Å². The summed E-state index contributed by atoms with van der Waals surface area (Å²) >= 11 is 0. The minimum Gasteiger partial charge on any atom is -0.310 e. The summed E-state index contributed by atoms with van der Waals surface area (Å²) in [5, 5.41) is 0. The van der Waals surface area contributed by atoms with E-state index in [1.165, 1.54) is 77.9 Å². The van der Waals surface area contributed by atoms with Crippen LogP contribution in [0.4, 0.5) is 17.1 Å². The number of fused-ring (bicyclic) bond motifs is 3. The lowest BCUT2D eigenvalue weighted by Crippen LogP contribution is -2.29. The van der Waals surface area contributed by atoms with E-state index in [9.17, 15) is 0 Å². The third-order valence-corrected chi connectivity index (χ3v) is 14.0. The van der Waals surface area contributed by atoms with Crippen LogP contribution in [0.5, 0.6) is 0 Å². The van der Waals surface area contributed by atoms with Crippen molar-refractivity contribution in [1.29, 1.82) is 0 Å². The number of hydrogen-bond acceptors (Lipinski definition) is 1. The molecule has 0 radical (unpaired) electrons. The fraction of sp³-hybridized carbons (Fsp3) is 0.262. The Morgan fingerprint density at radius 2 is 0.758 bits per heavy atom. The fourth-order valence-electron chi connectivity index (χ4n) is 10.1. The van der Waals surface area contributed by atoms with E-state index in [-0.39, 0.29) is 21.7 Å². The predicted octanol–water partition coefficient (Wildman–Crippen LogP) is 18.0. The summed E-state index contributed by atoms with van der Waals surface area (Å²) in [6, 6.07) is 71.6. The molecule has 66 heavy (non-hydrogen) atoms. The maximum Gasteiger partial charge on any atom is 0.0714 e. The van der Waals surface area contributed by atoms with Crippen molar-refractivity contribution in [3.63, 3.8) is 0 Å². The maximum atomic E-state index is 2.50. The predicted molar refractivity (Wildman–Crippen MR) is 284 cm³/mol. The molecular formula is C65H67N. The van der Waals surface area contributed by atoms with E-state index >= 15 is 0 Å². The van der Waals surface area contributed by atoms with Gasteiger partial charge < -0.3 is 4.90 Å². The molecule has 8 aromatic rings. The topological polar surface area (TPSA) is 3.24 Å². The molecule has 0 saturated heterocycles. The Kier molecular flexibility index (Phi) is 11.2. The largest absolute Gasteiger partial charge is 0.310 e. The Balaban J connectivity index is 1.29. The van der Waals surface area contributed by atoms with Crippen molar-refractivity contribution in [2.24, 2.45) is 0 Å². The van der Waals surface area contributed by atoms with Gasteiger partial charge in [-0.2, -0.15) is 0 Å². The summed E-state index contributed by atoms with van der Waals surface area (Å²) in [6.07, 6.45) is 0. The van der Waals surface area contributed by atoms with Crippen LogP contribution in [0, 0.1) is 0 Å². The lowest BCUT2D eigenvalue weighted by molar-refractivity contribution is 0.569. The van der Waals surface area contributed by atoms with Gasteiger partial charge in [-0.15, -0.1) is 0 Å². The number of anilines is 3. The van der Waals surface area contributed by atoms with Crippen LogP contribution < -0.4 is 4.90 Å². The first-order valence-electron chi connectivity index (χ1n) is 23.9. The Morgan fingerprint density at radius 1 is 0.303 bits per heavy atom. The number of para-hydroxylation sites is 1. The third kappa shape index (κ3) is 8.12. The van der Waals surface area contributed by atoms with Gasteiger partial charge in [-0.1, -0.05) is 241 Å². The van der Waals surface area contributed by atoms with Gasteiger partial charge in [0.2, 0.25) is 0 Å². The molecule has 0 heterocycles. The molecule has 0 unspecified atom stereocenters. The van der Waals surface area contributed by atoms with Gasteiger partial charge in [-0.3, -0.25) is 0 Å². The summed E-state index contributed by atoms with van der Waals surface area (Å²) in [5.41, 5.74) is 20.8. The molecule has 1 aliphatic rings. The summed E-state index contributed by atoms with van der Waals surface area (Å²) in [5.74, 6) is 0. The summed E-state index contributed by atoms with van der Waals surface area (Å²) in [7, 11) is 0. The summed E-state index contributed by atoms with van der Waals surface area (Å²) < 4.78 is 0. The normalized spacial score (nSPS) is 13.6. The summed E-state index contributed by atoms with van der Waals surface area (Å²) in [4.78, 5) is 2.48. The van der Waals surface area contributed by atoms with Crippen LogP contribution in [-0.2, 0) is 27.1 Å². The van der Waals surface area contributed by atoms with E-state index in [4.69, 9.17) is 0 Å². The monoisotopic (exact) mass is 862 g/mol. The second-order valence-corrected chi connectivity index (χ2v) is 22.7. The SMILES string of the molecule is CC(C)(C)c1ccc(C2(c3ccc(C(C)(C)C)cc3)c3ccccc3-c3ccc(N(c4ccc(-c5cc(C(C)(C)C)cc(C(C)(C)C)c5)cc4)c4ccccc4-c4ccccc4)cc32)cc1. The smallest absolute Gasteiger partial charge is 0.0714 e. The minimum atomic E-state index is -0.563. The molecule has 1 heteroatoms. The zero-order chi connectivity index (χ0) is 46.8. The van der Waals surface area contributed by atoms with E-state index in [0.717, 1.165) is 17.1 Å². The molecule has 0 spiro atoms. The van der Waals surface area contributed by atoms with Crippen molar-refractivity contribution in [3.05, 3.63) is 233 Å². The molecule has 0 fully saturated rings. The molecule has 0 bridgehead atoms. The number of benzene rings is 8. The van der Waals surface area contributed by atoms with E-state index in [1.54, 1.807) is 0 Å². The molecule has 0 atom stereocenters. The van der Waals surface area contributed by atoms with Gasteiger partial charge >= 0.3 is 0 Å². The first-order chi connectivity index (χ1) is 31.2. The van der Waals surface area contributed by atoms with Crippen LogP contribution >= 0.6 is 0 Å². The first kappa shape index (κ1) is 44.7.